The molecular formula is C23H21BrN2O. The fraction of sp³-hybridized carbons (Fsp3) is 0.130. The lowest BCUT2D eigenvalue weighted by Gasteiger charge is -2.24. The van der Waals surface area contributed by atoms with Crippen molar-refractivity contribution in [1.82, 2.24) is 4.98 Å². The minimum absolute atomic E-state index is 0.0593. The SMILES string of the molecule is COc1ccccc1[C@@H](Nc1ccccc1Br)c1c(C)[nH]c2ccccc12. The number of H-pyrrole nitrogens is 1. The molecular weight excluding hydrogens is 400 g/mol. The molecule has 0 radical (unpaired) electrons. The first-order valence-corrected chi connectivity index (χ1v) is 9.69. The van der Waals surface area contributed by atoms with Crippen molar-refractivity contribution in [2.24, 2.45) is 0 Å². The third-order valence-electron chi connectivity index (χ3n) is 4.86. The van der Waals surface area contributed by atoms with Gasteiger partial charge in [-0.25, -0.2) is 0 Å². The number of methoxy groups -OCH3 is 1. The summed E-state index contributed by atoms with van der Waals surface area (Å²) in [6.07, 6.45) is 0. The van der Waals surface area contributed by atoms with E-state index >= 15 is 0 Å². The van der Waals surface area contributed by atoms with E-state index in [1.54, 1.807) is 7.11 Å². The van der Waals surface area contributed by atoms with Crippen LogP contribution in [0.1, 0.15) is 22.9 Å². The lowest BCUT2D eigenvalue weighted by atomic mass is 9.95. The largest absolute Gasteiger partial charge is 0.496 e. The molecule has 0 spiro atoms. The number of fused-ring (bicyclic) bond motifs is 1. The molecule has 136 valence electrons. The second kappa shape index (κ2) is 7.49. The van der Waals surface area contributed by atoms with Crippen molar-refractivity contribution >= 4 is 32.5 Å². The molecule has 1 aromatic heterocycles. The van der Waals surface area contributed by atoms with E-state index in [1.807, 2.05) is 30.3 Å². The van der Waals surface area contributed by atoms with E-state index < -0.39 is 0 Å². The number of rotatable bonds is 5. The first kappa shape index (κ1) is 17.7. The number of aromatic nitrogens is 1. The van der Waals surface area contributed by atoms with E-state index in [0.29, 0.717) is 0 Å². The lowest BCUT2D eigenvalue weighted by molar-refractivity contribution is 0.408. The smallest absolute Gasteiger partial charge is 0.124 e. The van der Waals surface area contributed by atoms with Gasteiger partial charge in [0.15, 0.2) is 0 Å². The molecule has 0 saturated carbocycles. The fourth-order valence-corrected chi connectivity index (χ4v) is 4.01. The monoisotopic (exact) mass is 420 g/mol. The first-order chi connectivity index (χ1) is 13.2. The van der Waals surface area contributed by atoms with Gasteiger partial charge < -0.3 is 15.0 Å². The molecule has 3 nitrogen and oxygen atoms in total. The number of para-hydroxylation sites is 3. The fourth-order valence-electron chi connectivity index (χ4n) is 3.61. The highest BCUT2D eigenvalue weighted by molar-refractivity contribution is 9.10. The highest BCUT2D eigenvalue weighted by Crippen LogP contribution is 2.39. The molecule has 0 amide bonds. The molecule has 4 aromatic rings. The normalized spacial score (nSPS) is 12.1. The van der Waals surface area contributed by atoms with Gasteiger partial charge in [0, 0.05) is 37.9 Å². The summed E-state index contributed by atoms with van der Waals surface area (Å²) in [4.78, 5) is 3.52. The predicted octanol–water partition coefficient (Wildman–Crippen LogP) is 6.45. The molecule has 3 aromatic carbocycles. The van der Waals surface area contributed by atoms with Crippen LogP contribution in [-0.2, 0) is 0 Å². The Labute approximate surface area is 167 Å². The summed E-state index contributed by atoms with van der Waals surface area (Å²) in [6, 6.07) is 24.7. The van der Waals surface area contributed by atoms with Gasteiger partial charge >= 0.3 is 0 Å². The van der Waals surface area contributed by atoms with Crippen LogP contribution in [0, 0.1) is 6.92 Å². The third-order valence-corrected chi connectivity index (χ3v) is 5.55. The number of ether oxygens (including phenoxy) is 1. The van der Waals surface area contributed by atoms with E-state index in [4.69, 9.17) is 4.74 Å². The molecule has 4 rings (SSSR count). The molecule has 0 aliphatic carbocycles. The second-order valence-corrected chi connectivity index (χ2v) is 7.36. The summed E-state index contributed by atoms with van der Waals surface area (Å²) in [7, 11) is 1.72. The van der Waals surface area contributed by atoms with Gasteiger partial charge in [-0.05, 0) is 47.1 Å². The number of hydrogen-bond donors (Lipinski definition) is 2. The summed E-state index contributed by atoms with van der Waals surface area (Å²) in [5, 5.41) is 4.94. The van der Waals surface area contributed by atoms with Crippen LogP contribution in [0.2, 0.25) is 0 Å². The Morgan fingerprint density at radius 3 is 2.44 bits per heavy atom. The standard InChI is InChI=1S/C23H21BrN2O/c1-15-22(16-9-3-6-12-19(16)25-15)23(17-10-4-8-14-21(17)27-2)26-20-13-7-5-11-18(20)24/h3-14,23,25-26H,1-2H3/t23-/m1/s1. The van der Waals surface area contributed by atoms with E-state index in [0.717, 1.165) is 32.7 Å². The molecule has 0 aliphatic rings. The van der Waals surface area contributed by atoms with Crippen molar-refractivity contribution in [3.63, 3.8) is 0 Å². The number of nitrogens with one attached hydrogen (secondary N) is 2. The molecule has 1 atom stereocenters. The number of anilines is 1. The van der Waals surface area contributed by atoms with Gasteiger partial charge in [0.1, 0.15) is 5.75 Å². The van der Waals surface area contributed by atoms with Crippen LogP contribution in [0.15, 0.2) is 77.3 Å². The minimum atomic E-state index is -0.0593. The van der Waals surface area contributed by atoms with Gasteiger partial charge in [0.2, 0.25) is 0 Å². The zero-order chi connectivity index (χ0) is 18.8. The zero-order valence-electron chi connectivity index (χ0n) is 15.3. The summed E-state index contributed by atoms with van der Waals surface area (Å²) >= 11 is 3.66. The highest BCUT2D eigenvalue weighted by Gasteiger charge is 2.24. The van der Waals surface area contributed by atoms with Crippen LogP contribution < -0.4 is 10.1 Å². The Kier molecular flexibility index (Phi) is 4.90. The van der Waals surface area contributed by atoms with Crippen molar-refractivity contribution in [1.29, 1.82) is 0 Å². The zero-order valence-corrected chi connectivity index (χ0v) is 16.9. The molecule has 4 heteroatoms. The van der Waals surface area contributed by atoms with Crippen LogP contribution in [-0.4, -0.2) is 12.1 Å². The van der Waals surface area contributed by atoms with E-state index in [9.17, 15) is 0 Å². The van der Waals surface area contributed by atoms with Gasteiger partial charge in [-0.3, -0.25) is 0 Å². The number of benzene rings is 3. The van der Waals surface area contributed by atoms with Crippen molar-refractivity contribution in [3.05, 3.63) is 94.1 Å². The van der Waals surface area contributed by atoms with Crippen molar-refractivity contribution < 1.29 is 4.74 Å². The Morgan fingerprint density at radius 2 is 1.63 bits per heavy atom. The highest BCUT2D eigenvalue weighted by atomic mass is 79.9. The predicted molar refractivity (Wildman–Crippen MR) is 116 cm³/mol. The van der Waals surface area contributed by atoms with E-state index in [1.165, 1.54) is 10.9 Å². The van der Waals surface area contributed by atoms with Crippen molar-refractivity contribution in [2.45, 2.75) is 13.0 Å². The molecule has 0 saturated heterocycles. The topological polar surface area (TPSA) is 37.0 Å². The maximum Gasteiger partial charge on any atom is 0.124 e. The molecule has 0 fully saturated rings. The Balaban J connectivity index is 1.93. The maximum atomic E-state index is 5.68. The van der Waals surface area contributed by atoms with E-state index in [-0.39, 0.29) is 6.04 Å². The van der Waals surface area contributed by atoms with Gasteiger partial charge in [-0.2, -0.15) is 0 Å². The number of halogens is 1. The summed E-state index contributed by atoms with van der Waals surface area (Å²) in [6.45, 7) is 2.12. The van der Waals surface area contributed by atoms with Crippen molar-refractivity contribution in [2.75, 3.05) is 12.4 Å². The second-order valence-electron chi connectivity index (χ2n) is 6.51. The average Bonchev–Trinajstić information content (AvgIpc) is 3.03. The van der Waals surface area contributed by atoms with E-state index in [2.05, 4.69) is 75.6 Å². The summed E-state index contributed by atoms with van der Waals surface area (Å²) in [5.74, 6) is 0.867. The average molecular weight is 421 g/mol. The molecule has 0 bridgehead atoms. The Hall–Kier alpha value is -2.72. The molecule has 2 N–H and O–H groups in total. The molecule has 1 heterocycles. The van der Waals surface area contributed by atoms with Crippen LogP contribution >= 0.6 is 15.9 Å². The van der Waals surface area contributed by atoms with Gasteiger partial charge in [-0.15, -0.1) is 0 Å². The maximum absolute atomic E-state index is 5.68. The van der Waals surface area contributed by atoms with Crippen LogP contribution in [0.25, 0.3) is 10.9 Å². The Morgan fingerprint density at radius 1 is 0.926 bits per heavy atom. The van der Waals surface area contributed by atoms with Gasteiger partial charge in [-0.1, -0.05) is 48.5 Å². The van der Waals surface area contributed by atoms with Crippen molar-refractivity contribution in [3.8, 4) is 5.75 Å². The quantitative estimate of drug-likeness (QED) is 0.389. The molecule has 0 unspecified atom stereocenters. The minimum Gasteiger partial charge on any atom is -0.496 e. The summed E-state index contributed by atoms with van der Waals surface area (Å²) in [5.41, 5.74) is 5.65. The molecule has 0 aliphatic heterocycles. The van der Waals surface area contributed by atoms with Crippen LogP contribution in [0.3, 0.4) is 0 Å². The van der Waals surface area contributed by atoms with Crippen LogP contribution in [0.5, 0.6) is 5.75 Å². The number of aryl methyl sites for hydroxylation is 1. The molecule has 27 heavy (non-hydrogen) atoms. The number of hydrogen-bond acceptors (Lipinski definition) is 2. The Bertz CT molecular complexity index is 1090. The van der Waals surface area contributed by atoms with Gasteiger partial charge in [0.25, 0.3) is 0 Å². The summed E-state index contributed by atoms with van der Waals surface area (Å²) < 4.78 is 6.71. The third kappa shape index (κ3) is 3.33. The first-order valence-electron chi connectivity index (χ1n) is 8.90. The lowest BCUT2D eigenvalue weighted by Crippen LogP contribution is -2.14. The number of aromatic amines is 1. The van der Waals surface area contributed by atoms with Gasteiger partial charge in [0.05, 0.1) is 13.2 Å². The van der Waals surface area contributed by atoms with Crippen LogP contribution in [0.4, 0.5) is 5.69 Å².